The molecule has 1 aliphatic heterocycles. The molecule has 0 aromatic heterocycles. The Labute approximate surface area is 197 Å². The molecule has 8 heteroatoms. The molecule has 176 valence electrons. The third-order valence-corrected chi connectivity index (χ3v) is 7.06. The maximum Gasteiger partial charge on any atom is 0.338 e. The van der Waals surface area contributed by atoms with Crippen molar-refractivity contribution in [3.8, 4) is 5.75 Å². The molecule has 34 heavy (non-hydrogen) atoms. The van der Waals surface area contributed by atoms with Crippen molar-refractivity contribution in [1.82, 2.24) is 0 Å². The zero-order valence-corrected chi connectivity index (χ0v) is 18.9. The zero-order chi connectivity index (χ0) is 23.8. The number of fused-ring (bicyclic) bond motifs is 5. The topological polar surface area (TPSA) is 102 Å². The summed E-state index contributed by atoms with van der Waals surface area (Å²) in [5.41, 5.74) is 1.02. The van der Waals surface area contributed by atoms with Gasteiger partial charge in [0.2, 0.25) is 11.8 Å². The van der Waals surface area contributed by atoms with Gasteiger partial charge >= 0.3 is 5.97 Å². The number of ether oxygens (including phenoxy) is 2. The lowest BCUT2D eigenvalue weighted by atomic mass is 9.81. The van der Waals surface area contributed by atoms with Crippen LogP contribution in [0.2, 0.25) is 0 Å². The molecule has 0 radical (unpaired) electrons. The summed E-state index contributed by atoms with van der Waals surface area (Å²) >= 11 is 0. The van der Waals surface area contributed by atoms with E-state index < -0.39 is 18.5 Å². The van der Waals surface area contributed by atoms with Crippen LogP contribution < -0.4 is 15.0 Å². The number of hydrogen-bond acceptors (Lipinski definition) is 6. The first-order valence-electron chi connectivity index (χ1n) is 11.6. The summed E-state index contributed by atoms with van der Waals surface area (Å²) in [7, 11) is 0. The summed E-state index contributed by atoms with van der Waals surface area (Å²) in [6.45, 7) is 1.80. The molecule has 3 amide bonds. The van der Waals surface area contributed by atoms with Crippen LogP contribution in [0.1, 0.15) is 36.5 Å². The Balaban J connectivity index is 1.24. The van der Waals surface area contributed by atoms with Crippen molar-refractivity contribution in [2.45, 2.75) is 26.2 Å². The van der Waals surface area contributed by atoms with Gasteiger partial charge in [0.15, 0.2) is 6.61 Å². The van der Waals surface area contributed by atoms with Crippen molar-refractivity contribution in [1.29, 1.82) is 0 Å². The molecule has 2 aliphatic carbocycles. The summed E-state index contributed by atoms with van der Waals surface area (Å²) in [6, 6.07) is 13.2. The molecule has 8 nitrogen and oxygen atoms in total. The van der Waals surface area contributed by atoms with E-state index in [2.05, 4.69) is 5.32 Å². The van der Waals surface area contributed by atoms with Crippen LogP contribution in [0.4, 0.5) is 11.4 Å². The van der Waals surface area contributed by atoms with E-state index >= 15 is 0 Å². The molecule has 2 saturated carbocycles. The van der Waals surface area contributed by atoms with Crippen LogP contribution in [-0.2, 0) is 19.1 Å². The van der Waals surface area contributed by atoms with Crippen LogP contribution >= 0.6 is 0 Å². The second-order valence-corrected chi connectivity index (χ2v) is 9.00. The number of carbonyl (C=O) groups excluding carboxylic acids is 4. The smallest absolute Gasteiger partial charge is 0.338 e. The van der Waals surface area contributed by atoms with Crippen LogP contribution in [0.5, 0.6) is 5.75 Å². The predicted octanol–water partition coefficient (Wildman–Crippen LogP) is 3.42. The van der Waals surface area contributed by atoms with Gasteiger partial charge in [0.25, 0.3) is 5.91 Å². The highest BCUT2D eigenvalue weighted by molar-refractivity contribution is 6.22. The SMILES string of the molecule is CCOc1ccccc1NC(=O)COC(=O)c1cccc(N2C(=O)[C@@H]3[C@H]4CC[C@@H](C4)[C@H]3C2=O)c1. The number of nitrogens with one attached hydrogen (secondary N) is 1. The van der Waals surface area contributed by atoms with E-state index in [0.29, 0.717) is 23.7 Å². The summed E-state index contributed by atoms with van der Waals surface area (Å²) < 4.78 is 10.6. The molecule has 1 heterocycles. The molecule has 5 rings (SSSR count). The van der Waals surface area contributed by atoms with Gasteiger partial charge in [-0.25, -0.2) is 4.79 Å². The van der Waals surface area contributed by atoms with Crippen molar-refractivity contribution in [2.24, 2.45) is 23.7 Å². The molecule has 1 N–H and O–H groups in total. The van der Waals surface area contributed by atoms with Crippen LogP contribution in [-0.4, -0.2) is 36.9 Å². The first kappa shape index (κ1) is 22.1. The highest BCUT2D eigenvalue weighted by Gasteiger charge is 2.61. The van der Waals surface area contributed by atoms with Crippen LogP contribution in [0, 0.1) is 23.7 Å². The van der Waals surface area contributed by atoms with E-state index in [0.717, 1.165) is 19.3 Å². The highest BCUT2D eigenvalue weighted by atomic mass is 16.5. The number of para-hydroxylation sites is 2. The lowest BCUT2D eigenvalue weighted by molar-refractivity contribution is -0.123. The van der Waals surface area contributed by atoms with Gasteiger partial charge in [-0.1, -0.05) is 18.2 Å². The number of imide groups is 1. The van der Waals surface area contributed by atoms with Gasteiger partial charge in [-0.15, -0.1) is 0 Å². The van der Waals surface area contributed by atoms with Crippen molar-refractivity contribution in [3.63, 3.8) is 0 Å². The van der Waals surface area contributed by atoms with Gasteiger partial charge in [-0.3, -0.25) is 19.3 Å². The summed E-state index contributed by atoms with van der Waals surface area (Å²) in [5.74, 6) is -0.919. The fourth-order valence-corrected chi connectivity index (χ4v) is 5.69. The lowest BCUT2D eigenvalue weighted by Gasteiger charge is -2.19. The van der Waals surface area contributed by atoms with E-state index in [-0.39, 0.29) is 41.0 Å². The number of anilines is 2. The van der Waals surface area contributed by atoms with E-state index in [1.54, 1.807) is 36.4 Å². The molecule has 2 aromatic carbocycles. The summed E-state index contributed by atoms with van der Waals surface area (Å²) in [6.07, 6.45) is 2.97. The Bertz CT molecular complexity index is 1130. The lowest BCUT2D eigenvalue weighted by Crippen LogP contribution is -2.32. The third-order valence-electron chi connectivity index (χ3n) is 7.06. The Morgan fingerprint density at radius 3 is 2.41 bits per heavy atom. The molecule has 2 bridgehead atoms. The first-order chi connectivity index (χ1) is 16.5. The number of rotatable bonds is 7. The zero-order valence-electron chi connectivity index (χ0n) is 18.9. The normalized spacial score (nSPS) is 24.8. The van der Waals surface area contributed by atoms with Crippen molar-refractivity contribution in [2.75, 3.05) is 23.4 Å². The Morgan fingerprint density at radius 1 is 1.00 bits per heavy atom. The fourth-order valence-electron chi connectivity index (χ4n) is 5.69. The summed E-state index contributed by atoms with van der Waals surface area (Å²) in [5, 5.41) is 2.67. The average Bonchev–Trinajstić information content (AvgIpc) is 3.52. The second-order valence-electron chi connectivity index (χ2n) is 9.00. The quantitative estimate of drug-likeness (QED) is 0.500. The van der Waals surface area contributed by atoms with Crippen molar-refractivity contribution in [3.05, 3.63) is 54.1 Å². The molecular formula is C26H26N2O6. The van der Waals surface area contributed by atoms with Gasteiger partial charge in [0.05, 0.1) is 35.4 Å². The van der Waals surface area contributed by atoms with E-state index in [1.165, 1.54) is 17.0 Å². The first-order valence-corrected chi connectivity index (χ1v) is 11.6. The molecule has 0 spiro atoms. The van der Waals surface area contributed by atoms with Gasteiger partial charge in [-0.2, -0.15) is 0 Å². The number of hydrogen-bond donors (Lipinski definition) is 1. The van der Waals surface area contributed by atoms with E-state index in [1.807, 2.05) is 6.92 Å². The van der Waals surface area contributed by atoms with Gasteiger partial charge < -0.3 is 14.8 Å². The molecule has 3 fully saturated rings. The van der Waals surface area contributed by atoms with E-state index in [4.69, 9.17) is 9.47 Å². The second kappa shape index (κ2) is 8.93. The molecule has 0 unspecified atom stereocenters. The molecule has 3 aliphatic rings. The predicted molar refractivity (Wildman–Crippen MR) is 123 cm³/mol. The Kier molecular flexibility index (Phi) is 5.81. The van der Waals surface area contributed by atoms with Gasteiger partial charge in [0.1, 0.15) is 5.75 Å². The van der Waals surface area contributed by atoms with Crippen LogP contribution in [0.3, 0.4) is 0 Å². The molecule has 2 aromatic rings. The Hall–Kier alpha value is -3.68. The number of nitrogens with zero attached hydrogens (tertiary/aromatic N) is 1. The number of esters is 1. The maximum atomic E-state index is 13.1. The molecule has 4 atom stereocenters. The standard InChI is InChI=1S/C26H26N2O6/c1-2-33-20-9-4-3-8-19(20)27-21(29)14-34-26(32)17-6-5-7-18(13-17)28-24(30)22-15-10-11-16(12-15)23(22)25(28)31/h3-9,13,15-16,22-23H,2,10-12,14H2,1H3,(H,27,29)/t15-,16-,22+,23+/m0/s1. The van der Waals surface area contributed by atoms with Gasteiger partial charge in [-0.05, 0) is 68.4 Å². The Morgan fingerprint density at radius 2 is 1.71 bits per heavy atom. The summed E-state index contributed by atoms with van der Waals surface area (Å²) in [4.78, 5) is 52.2. The van der Waals surface area contributed by atoms with E-state index in [9.17, 15) is 19.2 Å². The van der Waals surface area contributed by atoms with Crippen molar-refractivity contribution < 1.29 is 28.7 Å². The number of benzene rings is 2. The number of carbonyl (C=O) groups is 4. The van der Waals surface area contributed by atoms with Crippen molar-refractivity contribution >= 4 is 35.1 Å². The third kappa shape index (κ3) is 3.83. The largest absolute Gasteiger partial charge is 0.492 e. The highest BCUT2D eigenvalue weighted by Crippen LogP contribution is 2.56. The van der Waals surface area contributed by atoms with Gasteiger partial charge in [0, 0.05) is 0 Å². The molecular weight excluding hydrogens is 436 g/mol. The minimum atomic E-state index is -0.713. The minimum absolute atomic E-state index is 0.167. The molecule has 1 saturated heterocycles. The van der Waals surface area contributed by atoms with Crippen LogP contribution in [0.15, 0.2) is 48.5 Å². The minimum Gasteiger partial charge on any atom is -0.492 e. The maximum absolute atomic E-state index is 13.1. The number of amides is 3. The van der Waals surface area contributed by atoms with Crippen LogP contribution in [0.25, 0.3) is 0 Å². The average molecular weight is 463 g/mol. The monoisotopic (exact) mass is 462 g/mol. The fraction of sp³-hybridized carbons (Fsp3) is 0.385.